The highest BCUT2D eigenvalue weighted by molar-refractivity contribution is 7.12. The molecule has 0 aliphatic carbocycles. The molecule has 1 unspecified atom stereocenters. The van der Waals surface area contributed by atoms with E-state index >= 15 is 0 Å². The van der Waals surface area contributed by atoms with Crippen LogP contribution in [0.15, 0.2) is 66.3 Å². The van der Waals surface area contributed by atoms with Crippen molar-refractivity contribution in [1.29, 1.82) is 0 Å². The topological polar surface area (TPSA) is 100 Å². The summed E-state index contributed by atoms with van der Waals surface area (Å²) < 4.78 is 0. The summed E-state index contributed by atoms with van der Waals surface area (Å²) in [5.74, 6) is -0.803. The number of carbonyl (C=O) groups excluding carboxylic acids is 3. The highest BCUT2D eigenvalue weighted by atomic mass is 32.1. The summed E-state index contributed by atoms with van der Waals surface area (Å²) in [6.07, 6.45) is 3.11. The van der Waals surface area contributed by atoms with Crippen LogP contribution in [0.4, 0.5) is 5.69 Å². The molecule has 3 amide bonds. The van der Waals surface area contributed by atoms with Crippen molar-refractivity contribution < 1.29 is 14.4 Å². The molecule has 0 aliphatic rings. The molecular weight excluding hydrogens is 388 g/mol. The third-order valence-electron chi connectivity index (χ3n) is 4.08. The van der Waals surface area contributed by atoms with Crippen LogP contribution < -0.4 is 16.0 Å². The largest absolute Gasteiger partial charge is 0.350 e. The maximum atomic E-state index is 12.3. The molecule has 0 radical (unpaired) electrons. The fraction of sp³-hybridized carbons (Fsp3) is 0.143. The van der Waals surface area contributed by atoms with Gasteiger partial charge in [0.2, 0.25) is 5.91 Å². The molecular formula is C21H20N4O3S. The Morgan fingerprint density at radius 2 is 1.83 bits per heavy atom. The first-order valence-electron chi connectivity index (χ1n) is 8.95. The highest BCUT2D eigenvalue weighted by Crippen LogP contribution is 2.12. The average molecular weight is 408 g/mol. The summed E-state index contributed by atoms with van der Waals surface area (Å²) in [6, 6.07) is 13.3. The molecule has 0 spiro atoms. The summed E-state index contributed by atoms with van der Waals surface area (Å²) in [7, 11) is 0. The van der Waals surface area contributed by atoms with Crippen molar-refractivity contribution >= 4 is 34.7 Å². The summed E-state index contributed by atoms with van der Waals surface area (Å²) in [4.78, 5) is 41.0. The zero-order valence-electron chi connectivity index (χ0n) is 15.7. The smallest absolute Gasteiger partial charge is 0.261 e. The van der Waals surface area contributed by atoms with Gasteiger partial charge in [-0.15, -0.1) is 11.3 Å². The van der Waals surface area contributed by atoms with Crippen LogP contribution in [0.2, 0.25) is 0 Å². The second-order valence-corrected chi connectivity index (χ2v) is 7.23. The highest BCUT2D eigenvalue weighted by Gasteiger charge is 2.17. The molecule has 2 aromatic heterocycles. The van der Waals surface area contributed by atoms with Gasteiger partial charge in [0, 0.05) is 30.2 Å². The van der Waals surface area contributed by atoms with Gasteiger partial charge >= 0.3 is 0 Å². The Labute approximate surface area is 172 Å². The van der Waals surface area contributed by atoms with Gasteiger partial charge in [0.15, 0.2) is 0 Å². The van der Waals surface area contributed by atoms with Crippen molar-refractivity contribution in [2.75, 3.05) is 5.32 Å². The van der Waals surface area contributed by atoms with Crippen molar-refractivity contribution in [3.05, 3.63) is 82.3 Å². The van der Waals surface area contributed by atoms with Crippen molar-refractivity contribution in [3.8, 4) is 0 Å². The number of rotatable bonds is 7. The first-order chi connectivity index (χ1) is 14.0. The summed E-state index contributed by atoms with van der Waals surface area (Å²) in [5.41, 5.74) is 1.95. The van der Waals surface area contributed by atoms with E-state index in [2.05, 4.69) is 20.9 Å². The number of carbonyl (C=O) groups is 3. The van der Waals surface area contributed by atoms with Gasteiger partial charge in [-0.25, -0.2) is 0 Å². The number of amides is 3. The predicted octanol–water partition coefficient (Wildman–Crippen LogP) is 2.83. The van der Waals surface area contributed by atoms with Gasteiger partial charge in [0.1, 0.15) is 6.04 Å². The number of thiophene rings is 1. The van der Waals surface area contributed by atoms with Crippen LogP contribution in [0.1, 0.15) is 32.5 Å². The van der Waals surface area contributed by atoms with Gasteiger partial charge in [0.05, 0.1) is 4.88 Å². The number of hydrogen-bond acceptors (Lipinski definition) is 5. The Kier molecular flexibility index (Phi) is 6.70. The van der Waals surface area contributed by atoms with E-state index in [1.807, 2.05) is 6.07 Å². The number of pyridine rings is 1. The van der Waals surface area contributed by atoms with Crippen LogP contribution in [0.5, 0.6) is 0 Å². The lowest BCUT2D eigenvalue weighted by molar-refractivity contribution is -0.122. The van der Waals surface area contributed by atoms with E-state index in [0.717, 1.165) is 5.56 Å². The fourth-order valence-electron chi connectivity index (χ4n) is 2.55. The maximum Gasteiger partial charge on any atom is 0.261 e. The first kappa shape index (κ1) is 20.2. The standard InChI is InChI=1S/C21H20N4O3S/c1-14(24-21(28)18-6-3-11-29-18)19(26)23-13-15-4-2-5-17(12-15)25-20(27)16-7-9-22-10-8-16/h2-12,14H,13H2,1H3,(H,23,26)(H,24,28)(H,25,27). The molecule has 0 saturated heterocycles. The lowest BCUT2D eigenvalue weighted by atomic mass is 10.1. The number of benzene rings is 1. The minimum absolute atomic E-state index is 0.238. The predicted molar refractivity (Wildman–Crippen MR) is 112 cm³/mol. The number of anilines is 1. The van der Waals surface area contributed by atoms with E-state index in [9.17, 15) is 14.4 Å². The van der Waals surface area contributed by atoms with E-state index in [-0.39, 0.29) is 24.3 Å². The number of nitrogens with zero attached hydrogens (tertiary/aromatic N) is 1. The van der Waals surface area contributed by atoms with Crippen LogP contribution in [0.3, 0.4) is 0 Å². The van der Waals surface area contributed by atoms with E-state index in [4.69, 9.17) is 0 Å². The molecule has 1 atom stereocenters. The molecule has 2 heterocycles. The molecule has 3 aromatic rings. The second kappa shape index (κ2) is 9.61. The van der Waals surface area contributed by atoms with Gasteiger partial charge in [-0.2, -0.15) is 0 Å². The van der Waals surface area contributed by atoms with Crippen molar-refractivity contribution in [1.82, 2.24) is 15.6 Å². The van der Waals surface area contributed by atoms with Crippen molar-refractivity contribution in [3.63, 3.8) is 0 Å². The average Bonchev–Trinajstić information content (AvgIpc) is 3.28. The van der Waals surface area contributed by atoms with E-state index < -0.39 is 6.04 Å². The number of hydrogen-bond donors (Lipinski definition) is 3. The molecule has 3 rings (SSSR count). The molecule has 29 heavy (non-hydrogen) atoms. The van der Waals surface area contributed by atoms with Crippen molar-refractivity contribution in [2.45, 2.75) is 19.5 Å². The van der Waals surface area contributed by atoms with Crippen LogP contribution in [0.25, 0.3) is 0 Å². The summed E-state index contributed by atoms with van der Waals surface area (Å²) in [5, 5.41) is 10.1. The molecule has 3 N–H and O–H groups in total. The molecule has 0 aliphatic heterocycles. The normalized spacial score (nSPS) is 11.3. The maximum absolute atomic E-state index is 12.3. The Balaban J connectivity index is 1.52. The monoisotopic (exact) mass is 408 g/mol. The summed E-state index contributed by atoms with van der Waals surface area (Å²) in [6.45, 7) is 1.91. The quantitative estimate of drug-likeness (QED) is 0.560. The van der Waals surface area contributed by atoms with E-state index in [1.54, 1.807) is 67.2 Å². The fourth-order valence-corrected chi connectivity index (χ4v) is 3.18. The molecule has 0 saturated carbocycles. The molecule has 148 valence electrons. The third-order valence-corrected chi connectivity index (χ3v) is 4.95. The zero-order valence-corrected chi connectivity index (χ0v) is 16.5. The van der Waals surface area contributed by atoms with Crippen molar-refractivity contribution in [2.24, 2.45) is 0 Å². The SMILES string of the molecule is CC(NC(=O)c1cccs1)C(=O)NCc1cccc(NC(=O)c2ccncc2)c1. The molecule has 0 bridgehead atoms. The Hall–Kier alpha value is -3.52. The Morgan fingerprint density at radius 3 is 2.55 bits per heavy atom. The lowest BCUT2D eigenvalue weighted by Gasteiger charge is -2.14. The van der Waals surface area contributed by atoms with Gasteiger partial charge in [-0.3, -0.25) is 19.4 Å². The first-order valence-corrected chi connectivity index (χ1v) is 9.83. The second-order valence-electron chi connectivity index (χ2n) is 6.28. The molecule has 7 nitrogen and oxygen atoms in total. The van der Waals surface area contributed by atoms with Crippen LogP contribution in [-0.2, 0) is 11.3 Å². The Bertz CT molecular complexity index is 990. The van der Waals surface area contributed by atoms with Crippen LogP contribution in [-0.4, -0.2) is 28.7 Å². The Morgan fingerprint density at radius 1 is 1.03 bits per heavy atom. The van der Waals surface area contributed by atoms with Crippen LogP contribution in [0, 0.1) is 0 Å². The summed E-state index contributed by atoms with van der Waals surface area (Å²) >= 11 is 1.32. The van der Waals surface area contributed by atoms with Gasteiger partial charge in [0.25, 0.3) is 11.8 Å². The minimum Gasteiger partial charge on any atom is -0.350 e. The van der Waals surface area contributed by atoms with Gasteiger partial charge in [-0.1, -0.05) is 18.2 Å². The molecule has 0 fully saturated rings. The third kappa shape index (κ3) is 5.73. The van der Waals surface area contributed by atoms with Gasteiger partial charge in [-0.05, 0) is 48.2 Å². The van der Waals surface area contributed by atoms with Gasteiger partial charge < -0.3 is 16.0 Å². The van der Waals surface area contributed by atoms with E-state index in [1.165, 1.54) is 11.3 Å². The molecule has 1 aromatic carbocycles. The number of aromatic nitrogens is 1. The van der Waals surface area contributed by atoms with E-state index in [0.29, 0.717) is 16.1 Å². The van der Waals surface area contributed by atoms with Crippen LogP contribution >= 0.6 is 11.3 Å². The molecule has 8 heteroatoms. The minimum atomic E-state index is -0.667. The lowest BCUT2D eigenvalue weighted by Crippen LogP contribution is -2.44. The number of nitrogens with one attached hydrogen (secondary N) is 3. The zero-order chi connectivity index (χ0) is 20.6.